The average Bonchev–Trinajstić information content (AvgIpc) is 2.05. The van der Waals surface area contributed by atoms with Gasteiger partial charge in [-0.1, -0.05) is 0 Å². The number of halogens is 1. The Morgan fingerprint density at radius 2 is 2.25 bits per heavy atom. The first kappa shape index (κ1) is 9.80. The summed E-state index contributed by atoms with van der Waals surface area (Å²) in [6.45, 7) is 0.847. The highest BCUT2D eigenvalue weighted by Gasteiger charge is 2.01. The first-order chi connectivity index (χ1) is 5.77. The third kappa shape index (κ3) is 2.35. The van der Waals surface area contributed by atoms with Crippen LogP contribution in [0.15, 0.2) is 18.2 Å². The second-order valence-corrected chi connectivity index (χ2v) is 3.73. The fourth-order valence-electron chi connectivity index (χ4n) is 1.08. The number of rotatable bonds is 3. The molecule has 66 valence electrons. The van der Waals surface area contributed by atoms with Crippen molar-refractivity contribution in [1.82, 2.24) is 5.32 Å². The minimum Gasteiger partial charge on any atom is -0.496 e. The molecule has 1 aromatic carbocycles. The summed E-state index contributed by atoms with van der Waals surface area (Å²) in [4.78, 5) is 0. The summed E-state index contributed by atoms with van der Waals surface area (Å²) < 4.78 is 6.44. The van der Waals surface area contributed by atoms with Gasteiger partial charge in [-0.3, -0.25) is 0 Å². The van der Waals surface area contributed by atoms with Crippen LogP contribution >= 0.6 is 22.6 Å². The minimum atomic E-state index is 0.847. The molecule has 12 heavy (non-hydrogen) atoms. The average molecular weight is 277 g/mol. The van der Waals surface area contributed by atoms with Crippen molar-refractivity contribution in [3.8, 4) is 5.75 Å². The number of hydrogen-bond donors (Lipinski definition) is 1. The van der Waals surface area contributed by atoms with Crippen molar-refractivity contribution < 1.29 is 4.74 Å². The largest absolute Gasteiger partial charge is 0.496 e. The van der Waals surface area contributed by atoms with Gasteiger partial charge in [0.25, 0.3) is 0 Å². The Bertz CT molecular complexity index is 263. The molecule has 1 rings (SSSR count). The standard InChI is InChI=1S/C9H12INO/c1-11-6-7-5-8(10)3-4-9(7)12-2/h3-5,11H,6H2,1-2H3. The number of ether oxygens (including phenoxy) is 1. The molecule has 0 saturated heterocycles. The van der Waals surface area contributed by atoms with Crippen LogP contribution in [0.4, 0.5) is 0 Å². The van der Waals surface area contributed by atoms with Crippen LogP contribution in [-0.4, -0.2) is 14.2 Å². The van der Waals surface area contributed by atoms with Gasteiger partial charge in [0.15, 0.2) is 0 Å². The van der Waals surface area contributed by atoms with Crippen molar-refractivity contribution in [3.05, 3.63) is 27.3 Å². The maximum absolute atomic E-state index is 5.21. The molecule has 1 N–H and O–H groups in total. The summed E-state index contributed by atoms with van der Waals surface area (Å²) in [6.07, 6.45) is 0. The van der Waals surface area contributed by atoms with E-state index >= 15 is 0 Å². The molecule has 0 saturated carbocycles. The molecule has 0 aliphatic carbocycles. The molecule has 0 heterocycles. The van der Waals surface area contributed by atoms with Crippen molar-refractivity contribution in [3.63, 3.8) is 0 Å². The number of benzene rings is 1. The highest BCUT2D eigenvalue weighted by molar-refractivity contribution is 14.1. The molecular formula is C9H12INO. The van der Waals surface area contributed by atoms with E-state index in [0.29, 0.717) is 0 Å². The highest BCUT2D eigenvalue weighted by Crippen LogP contribution is 2.20. The van der Waals surface area contributed by atoms with E-state index in [1.807, 2.05) is 19.2 Å². The lowest BCUT2D eigenvalue weighted by atomic mass is 10.2. The predicted molar refractivity (Wildman–Crippen MR) is 58.5 cm³/mol. The topological polar surface area (TPSA) is 21.3 Å². The zero-order valence-corrected chi connectivity index (χ0v) is 9.38. The second kappa shape index (κ2) is 4.67. The zero-order valence-electron chi connectivity index (χ0n) is 7.23. The predicted octanol–water partition coefficient (Wildman–Crippen LogP) is 2.02. The summed E-state index contributed by atoms with van der Waals surface area (Å²) in [5.74, 6) is 0.949. The van der Waals surface area contributed by atoms with E-state index in [1.54, 1.807) is 7.11 Å². The fourth-order valence-corrected chi connectivity index (χ4v) is 1.63. The first-order valence-corrected chi connectivity index (χ1v) is 4.83. The van der Waals surface area contributed by atoms with Gasteiger partial charge in [-0.05, 0) is 47.8 Å². The lowest BCUT2D eigenvalue weighted by Crippen LogP contribution is -2.06. The maximum atomic E-state index is 5.21. The number of nitrogens with one attached hydrogen (secondary N) is 1. The smallest absolute Gasteiger partial charge is 0.123 e. The Labute approximate surface area is 86.5 Å². The molecule has 2 nitrogen and oxygen atoms in total. The minimum absolute atomic E-state index is 0.847. The van der Waals surface area contributed by atoms with Crippen LogP contribution in [0.5, 0.6) is 5.75 Å². The molecule has 0 radical (unpaired) electrons. The van der Waals surface area contributed by atoms with E-state index in [0.717, 1.165) is 12.3 Å². The van der Waals surface area contributed by atoms with Gasteiger partial charge in [-0.2, -0.15) is 0 Å². The van der Waals surface area contributed by atoms with E-state index in [9.17, 15) is 0 Å². The van der Waals surface area contributed by atoms with Crippen LogP contribution in [0, 0.1) is 3.57 Å². The molecule has 1 aromatic rings. The molecule has 0 atom stereocenters. The van der Waals surface area contributed by atoms with E-state index in [-0.39, 0.29) is 0 Å². The van der Waals surface area contributed by atoms with Crippen LogP contribution in [-0.2, 0) is 6.54 Å². The summed E-state index contributed by atoms with van der Waals surface area (Å²) >= 11 is 2.29. The van der Waals surface area contributed by atoms with E-state index in [4.69, 9.17) is 4.74 Å². The van der Waals surface area contributed by atoms with Gasteiger partial charge < -0.3 is 10.1 Å². The molecule has 0 fully saturated rings. The van der Waals surface area contributed by atoms with Gasteiger partial charge in [-0.25, -0.2) is 0 Å². The third-order valence-electron chi connectivity index (χ3n) is 1.61. The van der Waals surface area contributed by atoms with Crippen LogP contribution in [0.25, 0.3) is 0 Å². The van der Waals surface area contributed by atoms with E-state index in [1.165, 1.54) is 9.13 Å². The summed E-state index contributed by atoms with van der Waals surface area (Å²) in [5.41, 5.74) is 1.20. The summed E-state index contributed by atoms with van der Waals surface area (Å²) in [6, 6.07) is 6.16. The van der Waals surface area contributed by atoms with Crippen LogP contribution in [0.3, 0.4) is 0 Å². The van der Waals surface area contributed by atoms with Gasteiger partial charge in [0.1, 0.15) is 5.75 Å². The Hall–Kier alpha value is -0.290. The van der Waals surface area contributed by atoms with Gasteiger partial charge in [-0.15, -0.1) is 0 Å². The molecule has 3 heteroatoms. The van der Waals surface area contributed by atoms with Gasteiger partial charge in [0, 0.05) is 15.7 Å². The number of hydrogen-bond acceptors (Lipinski definition) is 2. The monoisotopic (exact) mass is 277 g/mol. The molecule has 0 spiro atoms. The van der Waals surface area contributed by atoms with Gasteiger partial charge >= 0.3 is 0 Å². The fraction of sp³-hybridized carbons (Fsp3) is 0.333. The Morgan fingerprint density at radius 3 is 2.83 bits per heavy atom. The van der Waals surface area contributed by atoms with Crippen molar-refractivity contribution in [1.29, 1.82) is 0 Å². The van der Waals surface area contributed by atoms with Crippen molar-refractivity contribution in [2.45, 2.75) is 6.54 Å². The van der Waals surface area contributed by atoms with Gasteiger partial charge in [0.2, 0.25) is 0 Å². The molecule has 0 aliphatic rings. The van der Waals surface area contributed by atoms with Crippen molar-refractivity contribution in [2.75, 3.05) is 14.2 Å². The van der Waals surface area contributed by atoms with Gasteiger partial charge in [0.05, 0.1) is 7.11 Å². The third-order valence-corrected chi connectivity index (χ3v) is 2.28. The molecule has 0 aromatic heterocycles. The summed E-state index contributed by atoms with van der Waals surface area (Å²) in [7, 11) is 3.63. The SMILES string of the molecule is CNCc1cc(I)ccc1OC. The first-order valence-electron chi connectivity index (χ1n) is 3.75. The van der Waals surface area contributed by atoms with Crippen molar-refractivity contribution >= 4 is 22.6 Å². The van der Waals surface area contributed by atoms with Crippen LogP contribution in [0.1, 0.15) is 5.56 Å². The number of methoxy groups -OCH3 is 1. The van der Waals surface area contributed by atoms with E-state index < -0.39 is 0 Å². The summed E-state index contributed by atoms with van der Waals surface area (Å²) in [5, 5.41) is 3.10. The Balaban J connectivity index is 2.95. The van der Waals surface area contributed by atoms with E-state index in [2.05, 4.69) is 34.0 Å². The molecule has 0 aliphatic heterocycles. The maximum Gasteiger partial charge on any atom is 0.123 e. The molecule has 0 unspecified atom stereocenters. The Kier molecular flexibility index (Phi) is 3.81. The van der Waals surface area contributed by atoms with Crippen molar-refractivity contribution in [2.24, 2.45) is 0 Å². The Morgan fingerprint density at radius 1 is 1.50 bits per heavy atom. The molecular weight excluding hydrogens is 265 g/mol. The zero-order chi connectivity index (χ0) is 8.97. The molecule has 0 amide bonds. The molecule has 0 bridgehead atoms. The lowest BCUT2D eigenvalue weighted by molar-refractivity contribution is 0.408. The lowest BCUT2D eigenvalue weighted by Gasteiger charge is -2.07. The van der Waals surface area contributed by atoms with Crippen LogP contribution < -0.4 is 10.1 Å². The quantitative estimate of drug-likeness (QED) is 0.853. The normalized spacial score (nSPS) is 9.92. The van der Waals surface area contributed by atoms with Crippen LogP contribution in [0.2, 0.25) is 0 Å². The highest BCUT2D eigenvalue weighted by atomic mass is 127. The second-order valence-electron chi connectivity index (χ2n) is 2.49.